The van der Waals surface area contributed by atoms with Crippen molar-refractivity contribution >= 4 is 5.91 Å². The SMILES string of the molecule is CC(N)c1cccn1CC(=O)N1CCCCCC1. The summed E-state index contributed by atoms with van der Waals surface area (Å²) in [5.74, 6) is 0.218. The molecule has 4 heteroatoms. The highest BCUT2D eigenvalue weighted by molar-refractivity contribution is 5.76. The van der Waals surface area contributed by atoms with Crippen molar-refractivity contribution in [2.75, 3.05) is 13.1 Å². The lowest BCUT2D eigenvalue weighted by Gasteiger charge is -2.21. The summed E-state index contributed by atoms with van der Waals surface area (Å²) in [4.78, 5) is 14.3. The Labute approximate surface area is 109 Å². The van der Waals surface area contributed by atoms with Crippen molar-refractivity contribution in [1.82, 2.24) is 9.47 Å². The Balaban J connectivity index is 1.99. The molecule has 1 aliphatic rings. The van der Waals surface area contributed by atoms with Gasteiger partial charge in [0.2, 0.25) is 5.91 Å². The van der Waals surface area contributed by atoms with Crippen molar-refractivity contribution in [3.05, 3.63) is 24.0 Å². The van der Waals surface area contributed by atoms with E-state index in [1.165, 1.54) is 12.8 Å². The molecule has 1 fully saturated rings. The molecule has 1 aromatic heterocycles. The zero-order valence-electron chi connectivity index (χ0n) is 11.1. The van der Waals surface area contributed by atoms with E-state index in [0.29, 0.717) is 6.54 Å². The molecule has 18 heavy (non-hydrogen) atoms. The summed E-state index contributed by atoms with van der Waals surface area (Å²) in [6, 6.07) is 3.91. The fourth-order valence-corrected chi connectivity index (χ4v) is 2.55. The van der Waals surface area contributed by atoms with Crippen LogP contribution in [0.15, 0.2) is 18.3 Å². The molecule has 2 N–H and O–H groups in total. The van der Waals surface area contributed by atoms with E-state index in [-0.39, 0.29) is 11.9 Å². The summed E-state index contributed by atoms with van der Waals surface area (Å²) in [5, 5.41) is 0. The van der Waals surface area contributed by atoms with Crippen molar-refractivity contribution in [1.29, 1.82) is 0 Å². The van der Waals surface area contributed by atoms with Crippen LogP contribution in [-0.4, -0.2) is 28.5 Å². The number of carbonyl (C=O) groups is 1. The number of amides is 1. The van der Waals surface area contributed by atoms with E-state index in [4.69, 9.17) is 5.73 Å². The molecule has 1 unspecified atom stereocenters. The van der Waals surface area contributed by atoms with Gasteiger partial charge in [-0.05, 0) is 31.9 Å². The largest absolute Gasteiger partial charge is 0.341 e. The predicted molar refractivity (Wildman–Crippen MR) is 72.1 cm³/mol. The Bertz CT molecular complexity index is 389. The van der Waals surface area contributed by atoms with Crippen LogP contribution in [-0.2, 0) is 11.3 Å². The Morgan fingerprint density at radius 2 is 2.00 bits per heavy atom. The minimum Gasteiger partial charge on any atom is -0.341 e. The van der Waals surface area contributed by atoms with Crippen LogP contribution in [0.1, 0.15) is 44.3 Å². The third-order valence-electron chi connectivity index (χ3n) is 3.60. The van der Waals surface area contributed by atoms with Gasteiger partial charge in [-0.1, -0.05) is 12.8 Å². The normalized spacial score (nSPS) is 18.4. The minimum absolute atomic E-state index is 0.0306. The topological polar surface area (TPSA) is 51.3 Å². The van der Waals surface area contributed by atoms with E-state index in [9.17, 15) is 4.79 Å². The molecule has 0 spiro atoms. The van der Waals surface area contributed by atoms with Gasteiger partial charge in [0, 0.05) is 31.0 Å². The Kier molecular flexibility index (Phi) is 4.42. The van der Waals surface area contributed by atoms with Gasteiger partial charge in [0.25, 0.3) is 0 Å². The smallest absolute Gasteiger partial charge is 0.242 e. The van der Waals surface area contributed by atoms with Crippen LogP contribution in [0.5, 0.6) is 0 Å². The van der Waals surface area contributed by atoms with Gasteiger partial charge >= 0.3 is 0 Å². The van der Waals surface area contributed by atoms with Crippen LogP contribution in [0.4, 0.5) is 0 Å². The number of hydrogen-bond donors (Lipinski definition) is 1. The third-order valence-corrected chi connectivity index (χ3v) is 3.60. The third kappa shape index (κ3) is 3.13. The molecule has 0 saturated carbocycles. The van der Waals surface area contributed by atoms with Crippen molar-refractivity contribution in [3.63, 3.8) is 0 Å². The van der Waals surface area contributed by atoms with Crippen molar-refractivity contribution in [2.45, 2.75) is 45.2 Å². The average molecular weight is 249 g/mol. The number of hydrogen-bond acceptors (Lipinski definition) is 2. The first-order valence-electron chi connectivity index (χ1n) is 6.87. The zero-order chi connectivity index (χ0) is 13.0. The quantitative estimate of drug-likeness (QED) is 0.889. The summed E-state index contributed by atoms with van der Waals surface area (Å²) in [7, 11) is 0. The van der Waals surface area contributed by atoms with Gasteiger partial charge in [-0.15, -0.1) is 0 Å². The fourth-order valence-electron chi connectivity index (χ4n) is 2.55. The van der Waals surface area contributed by atoms with Crippen molar-refractivity contribution in [3.8, 4) is 0 Å². The first-order valence-corrected chi connectivity index (χ1v) is 6.87. The summed E-state index contributed by atoms with van der Waals surface area (Å²) < 4.78 is 1.97. The number of rotatable bonds is 3. The highest BCUT2D eigenvalue weighted by Gasteiger charge is 2.17. The van der Waals surface area contributed by atoms with E-state index >= 15 is 0 Å². The van der Waals surface area contributed by atoms with Crippen LogP contribution in [0.3, 0.4) is 0 Å². The number of likely N-dealkylation sites (tertiary alicyclic amines) is 1. The fraction of sp³-hybridized carbons (Fsp3) is 0.643. The molecule has 1 aliphatic heterocycles. The van der Waals surface area contributed by atoms with Gasteiger partial charge in [-0.25, -0.2) is 0 Å². The van der Waals surface area contributed by atoms with Gasteiger partial charge < -0.3 is 15.2 Å². The van der Waals surface area contributed by atoms with E-state index in [1.54, 1.807) is 0 Å². The van der Waals surface area contributed by atoms with Crippen LogP contribution in [0.2, 0.25) is 0 Å². The maximum Gasteiger partial charge on any atom is 0.242 e. The van der Waals surface area contributed by atoms with E-state index in [1.807, 2.05) is 34.7 Å². The first kappa shape index (κ1) is 13.1. The van der Waals surface area contributed by atoms with E-state index in [0.717, 1.165) is 31.6 Å². The minimum atomic E-state index is -0.0306. The van der Waals surface area contributed by atoms with Crippen molar-refractivity contribution < 1.29 is 4.79 Å². The maximum atomic E-state index is 12.3. The van der Waals surface area contributed by atoms with Crippen LogP contribution < -0.4 is 5.73 Å². The molecule has 1 saturated heterocycles. The second kappa shape index (κ2) is 6.05. The lowest BCUT2D eigenvalue weighted by Crippen LogP contribution is -2.35. The predicted octanol–water partition coefficient (Wildman–Crippen LogP) is 1.91. The average Bonchev–Trinajstić information content (AvgIpc) is 2.63. The number of aromatic nitrogens is 1. The van der Waals surface area contributed by atoms with Crippen LogP contribution in [0, 0.1) is 0 Å². The summed E-state index contributed by atoms with van der Waals surface area (Å²) in [5.41, 5.74) is 6.92. The standard InChI is InChI=1S/C14H23N3O/c1-12(15)13-7-6-10-17(13)11-14(18)16-8-4-2-3-5-9-16/h6-7,10,12H,2-5,8-9,11,15H2,1H3. The molecule has 1 atom stereocenters. The molecule has 1 amide bonds. The summed E-state index contributed by atoms with van der Waals surface area (Å²) in [6.45, 7) is 4.19. The Morgan fingerprint density at radius 3 is 2.61 bits per heavy atom. The zero-order valence-corrected chi connectivity index (χ0v) is 11.1. The van der Waals surface area contributed by atoms with Gasteiger partial charge in [0.05, 0.1) is 0 Å². The highest BCUT2D eigenvalue weighted by atomic mass is 16.2. The molecule has 2 heterocycles. The molecule has 4 nitrogen and oxygen atoms in total. The summed E-state index contributed by atoms with van der Waals surface area (Å²) in [6.07, 6.45) is 6.71. The second-order valence-corrected chi connectivity index (χ2v) is 5.14. The lowest BCUT2D eigenvalue weighted by atomic mass is 10.2. The second-order valence-electron chi connectivity index (χ2n) is 5.14. The van der Waals surface area contributed by atoms with Crippen molar-refractivity contribution in [2.24, 2.45) is 5.73 Å². The Morgan fingerprint density at radius 1 is 1.33 bits per heavy atom. The molecule has 0 radical (unpaired) electrons. The maximum absolute atomic E-state index is 12.3. The van der Waals surface area contributed by atoms with Gasteiger partial charge in [0.1, 0.15) is 6.54 Å². The van der Waals surface area contributed by atoms with Crippen LogP contribution >= 0.6 is 0 Å². The van der Waals surface area contributed by atoms with Gasteiger partial charge in [-0.3, -0.25) is 4.79 Å². The molecule has 100 valence electrons. The molecular weight excluding hydrogens is 226 g/mol. The monoisotopic (exact) mass is 249 g/mol. The van der Waals surface area contributed by atoms with Gasteiger partial charge in [-0.2, -0.15) is 0 Å². The number of nitrogens with zero attached hydrogens (tertiary/aromatic N) is 2. The molecule has 0 bridgehead atoms. The number of carbonyl (C=O) groups excluding carboxylic acids is 1. The van der Waals surface area contributed by atoms with Crippen LogP contribution in [0.25, 0.3) is 0 Å². The molecule has 1 aromatic rings. The molecule has 2 rings (SSSR count). The molecule has 0 aromatic carbocycles. The van der Waals surface area contributed by atoms with E-state index in [2.05, 4.69) is 0 Å². The molecule has 0 aliphatic carbocycles. The van der Waals surface area contributed by atoms with Gasteiger partial charge in [0.15, 0.2) is 0 Å². The highest BCUT2D eigenvalue weighted by Crippen LogP contribution is 2.13. The molecular formula is C14H23N3O. The van der Waals surface area contributed by atoms with E-state index < -0.39 is 0 Å². The summed E-state index contributed by atoms with van der Waals surface area (Å²) >= 11 is 0. The Hall–Kier alpha value is -1.29. The lowest BCUT2D eigenvalue weighted by molar-refractivity contribution is -0.131. The number of nitrogens with two attached hydrogens (primary N) is 1. The first-order chi connectivity index (χ1) is 8.68.